The molecule has 0 aliphatic heterocycles. The Morgan fingerprint density at radius 2 is 2.27 bits per heavy atom. The molecule has 0 aliphatic rings. The van der Waals surface area contributed by atoms with Crippen molar-refractivity contribution in [1.29, 1.82) is 0 Å². The van der Waals surface area contributed by atoms with Crippen molar-refractivity contribution < 1.29 is 14.7 Å². The van der Waals surface area contributed by atoms with E-state index in [0.717, 1.165) is 0 Å². The average Bonchev–Trinajstić information content (AvgIpc) is 1.85. The minimum Gasteiger partial charge on any atom is -0.480 e. The van der Waals surface area contributed by atoms with Crippen LogP contribution in [0.4, 0.5) is 0 Å². The summed E-state index contributed by atoms with van der Waals surface area (Å²) < 4.78 is 0. The zero-order chi connectivity index (χ0) is 8.20. The SMILES string of the molecule is CC(N)(C=O)NCC(=O)O.N. The van der Waals surface area contributed by atoms with Crippen molar-refractivity contribution in [2.45, 2.75) is 12.6 Å². The summed E-state index contributed by atoms with van der Waals surface area (Å²) in [5, 5.41) is 10.5. The van der Waals surface area contributed by atoms with Crippen LogP contribution in [0.25, 0.3) is 0 Å². The Kier molecular flexibility index (Phi) is 5.50. The van der Waals surface area contributed by atoms with E-state index in [1.54, 1.807) is 0 Å². The Morgan fingerprint density at radius 3 is 2.55 bits per heavy atom. The summed E-state index contributed by atoms with van der Waals surface area (Å²) in [6.07, 6.45) is 0.454. The Balaban J connectivity index is 0. The predicted octanol–water partition coefficient (Wildman–Crippen LogP) is -1.30. The number of hydrogen-bond donors (Lipinski definition) is 4. The number of nitrogens with two attached hydrogens (primary N) is 1. The first-order valence-electron chi connectivity index (χ1n) is 2.70. The molecule has 66 valence electrons. The number of rotatable bonds is 4. The van der Waals surface area contributed by atoms with E-state index in [4.69, 9.17) is 10.8 Å². The maximum atomic E-state index is 10.1. The highest BCUT2D eigenvalue weighted by Crippen LogP contribution is 1.84. The van der Waals surface area contributed by atoms with Crippen LogP contribution in [0, 0.1) is 0 Å². The lowest BCUT2D eigenvalue weighted by molar-refractivity contribution is -0.136. The molecule has 0 aromatic carbocycles. The van der Waals surface area contributed by atoms with E-state index in [1.165, 1.54) is 6.92 Å². The normalized spacial score (nSPS) is 14.4. The molecule has 0 spiro atoms. The highest BCUT2D eigenvalue weighted by atomic mass is 16.4. The van der Waals surface area contributed by atoms with Crippen molar-refractivity contribution >= 4 is 12.3 Å². The van der Waals surface area contributed by atoms with Gasteiger partial charge in [0.25, 0.3) is 0 Å². The average molecular weight is 163 g/mol. The van der Waals surface area contributed by atoms with Gasteiger partial charge in [-0.25, -0.2) is 0 Å². The minimum atomic E-state index is -1.24. The molecule has 0 heterocycles. The predicted molar refractivity (Wildman–Crippen MR) is 39.3 cm³/mol. The van der Waals surface area contributed by atoms with Crippen LogP contribution < -0.4 is 17.2 Å². The maximum absolute atomic E-state index is 10.1. The first kappa shape index (κ1) is 12.7. The Morgan fingerprint density at radius 1 is 1.82 bits per heavy atom. The number of carbonyl (C=O) groups excluding carboxylic acids is 1. The van der Waals surface area contributed by atoms with Gasteiger partial charge in [-0.2, -0.15) is 0 Å². The fraction of sp³-hybridized carbons (Fsp3) is 0.600. The number of carbonyl (C=O) groups is 2. The number of carboxylic acids is 1. The first-order chi connectivity index (χ1) is 4.48. The molecule has 11 heavy (non-hydrogen) atoms. The molecule has 6 heteroatoms. The number of carboxylic acid groups (broad SMARTS) is 1. The van der Waals surface area contributed by atoms with E-state index >= 15 is 0 Å². The van der Waals surface area contributed by atoms with Crippen LogP contribution in [0.15, 0.2) is 0 Å². The molecule has 0 aromatic rings. The molecule has 0 radical (unpaired) electrons. The van der Waals surface area contributed by atoms with E-state index in [9.17, 15) is 9.59 Å². The van der Waals surface area contributed by atoms with Crippen LogP contribution >= 0.6 is 0 Å². The number of hydrogen-bond acceptors (Lipinski definition) is 5. The fourth-order valence-corrected chi connectivity index (χ4v) is 0.308. The Hall–Kier alpha value is -0.980. The van der Waals surface area contributed by atoms with Crippen molar-refractivity contribution in [2.24, 2.45) is 5.73 Å². The highest BCUT2D eigenvalue weighted by Gasteiger charge is 2.16. The standard InChI is InChI=1S/C5H10N2O3.H3N/c1-5(6,3-8)7-2-4(9)10;/h3,7H,2,6H2,1H3,(H,9,10);1H3. The zero-order valence-electron chi connectivity index (χ0n) is 6.33. The Labute approximate surface area is 64.3 Å². The van der Waals surface area contributed by atoms with Gasteiger partial charge in [-0.05, 0) is 6.92 Å². The fourth-order valence-electron chi connectivity index (χ4n) is 0.308. The number of nitrogens with one attached hydrogen (secondary N) is 1. The van der Waals surface area contributed by atoms with Gasteiger partial charge in [-0.15, -0.1) is 0 Å². The van der Waals surface area contributed by atoms with Crippen LogP contribution in [0.5, 0.6) is 0 Å². The van der Waals surface area contributed by atoms with Gasteiger partial charge in [0.15, 0.2) is 6.29 Å². The van der Waals surface area contributed by atoms with Crippen LogP contribution in [0.2, 0.25) is 0 Å². The summed E-state index contributed by atoms with van der Waals surface area (Å²) >= 11 is 0. The molecule has 0 aliphatic carbocycles. The van der Waals surface area contributed by atoms with E-state index in [-0.39, 0.29) is 12.7 Å². The van der Waals surface area contributed by atoms with Crippen LogP contribution in [-0.4, -0.2) is 29.6 Å². The van der Waals surface area contributed by atoms with Gasteiger partial charge in [-0.3, -0.25) is 14.9 Å². The molecule has 0 saturated carbocycles. The van der Waals surface area contributed by atoms with Crippen molar-refractivity contribution in [3.05, 3.63) is 0 Å². The molecule has 0 bridgehead atoms. The zero-order valence-corrected chi connectivity index (χ0v) is 6.33. The molecule has 0 amide bonds. The lowest BCUT2D eigenvalue weighted by Gasteiger charge is -2.16. The monoisotopic (exact) mass is 163 g/mol. The second kappa shape index (κ2) is 4.78. The summed E-state index contributed by atoms with van der Waals surface area (Å²) in [5.74, 6) is -1.04. The lowest BCUT2D eigenvalue weighted by atomic mass is 10.2. The maximum Gasteiger partial charge on any atom is 0.317 e. The largest absolute Gasteiger partial charge is 0.480 e. The number of aliphatic carboxylic acids is 1. The smallest absolute Gasteiger partial charge is 0.317 e. The molecular formula is C5H13N3O3. The quantitative estimate of drug-likeness (QED) is 0.301. The molecule has 0 aromatic heterocycles. The molecule has 1 atom stereocenters. The van der Waals surface area contributed by atoms with Gasteiger partial charge in [0.2, 0.25) is 0 Å². The topological polar surface area (TPSA) is 127 Å². The summed E-state index contributed by atoms with van der Waals surface area (Å²) in [5.41, 5.74) is 3.98. The minimum absolute atomic E-state index is 0. The summed E-state index contributed by atoms with van der Waals surface area (Å²) in [7, 11) is 0. The number of aldehydes is 1. The van der Waals surface area contributed by atoms with Gasteiger partial charge in [0, 0.05) is 0 Å². The van der Waals surface area contributed by atoms with Crippen molar-refractivity contribution in [3.8, 4) is 0 Å². The molecule has 1 unspecified atom stereocenters. The van der Waals surface area contributed by atoms with Crippen LogP contribution in [0.1, 0.15) is 6.92 Å². The first-order valence-corrected chi connectivity index (χ1v) is 2.70. The lowest BCUT2D eigenvalue weighted by Crippen LogP contribution is -2.53. The molecule has 6 nitrogen and oxygen atoms in total. The van der Waals surface area contributed by atoms with Crippen molar-refractivity contribution in [3.63, 3.8) is 0 Å². The molecule has 0 saturated heterocycles. The second-order valence-electron chi connectivity index (χ2n) is 2.15. The molecule has 0 fully saturated rings. The van der Waals surface area contributed by atoms with Gasteiger partial charge < -0.3 is 17.0 Å². The summed E-state index contributed by atoms with van der Waals surface area (Å²) in [6.45, 7) is 1.08. The Bertz CT molecular complexity index is 146. The van der Waals surface area contributed by atoms with E-state index in [1.807, 2.05) is 0 Å². The third kappa shape index (κ3) is 6.91. The summed E-state index contributed by atoms with van der Waals surface area (Å²) in [6, 6.07) is 0. The van der Waals surface area contributed by atoms with Gasteiger partial charge in [0.05, 0.1) is 6.54 Å². The highest BCUT2D eigenvalue weighted by molar-refractivity contribution is 5.71. The van der Waals surface area contributed by atoms with Gasteiger partial charge >= 0.3 is 5.97 Å². The van der Waals surface area contributed by atoms with Crippen molar-refractivity contribution in [2.75, 3.05) is 6.54 Å². The van der Waals surface area contributed by atoms with E-state index < -0.39 is 11.6 Å². The van der Waals surface area contributed by atoms with E-state index in [0.29, 0.717) is 6.29 Å². The summed E-state index contributed by atoms with van der Waals surface area (Å²) in [4.78, 5) is 20.0. The van der Waals surface area contributed by atoms with Crippen LogP contribution in [-0.2, 0) is 9.59 Å². The molecular weight excluding hydrogens is 150 g/mol. The third-order valence-electron chi connectivity index (χ3n) is 0.865. The van der Waals surface area contributed by atoms with Gasteiger partial charge in [-0.1, -0.05) is 0 Å². The molecule has 7 N–H and O–H groups in total. The van der Waals surface area contributed by atoms with Crippen molar-refractivity contribution in [1.82, 2.24) is 11.5 Å². The van der Waals surface area contributed by atoms with Gasteiger partial charge in [0.1, 0.15) is 5.66 Å². The second-order valence-corrected chi connectivity index (χ2v) is 2.15. The third-order valence-corrected chi connectivity index (χ3v) is 0.865. The van der Waals surface area contributed by atoms with E-state index in [2.05, 4.69) is 5.32 Å². The molecule has 0 rings (SSSR count). The van der Waals surface area contributed by atoms with Crippen LogP contribution in [0.3, 0.4) is 0 Å².